The van der Waals surface area contributed by atoms with Gasteiger partial charge in [-0.15, -0.1) is 0 Å². The zero-order chi connectivity index (χ0) is 15.7. The maximum atomic E-state index is 12.4. The van der Waals surface area contributed by atoms with E-state index in [2.05, 4.69) is 4.72 Å². The molecule has 1 aromatic carbocycles. The largest absolute Gasteiger partial charge is 0.481 e. The van der Waals surface area contributed by atoms with Crippen LogP contribution in [0, 0.1) is 26.7 Å². The summed E-state index contributed by atoms with van der Waals surface area (Å²) >= 11 is 0. The summed E-state index contributed by atoms with van der Waals surface area (Å²) in [6, 6.07) is 2.91. The minimum atomic E-state index is -3.73. The van der Waals surface area contributed by atoms with Gasteiger partial charge in [-0.2, -0.15) is 0 Å². The molecule has 0 heterocycles. The third-order valence-corrected chi connectivity index (χ3v) is 5.22. The smallest absolute Gasteiger partial charge is 0.307 e. The van der Waals surface area contributed by atoms with Crippen LogP contribution in [0.3, 0.4) is 0 Å². The summed E-state index contributed by atoms with van der Waals surface area (Å²) in [4.78, 5) is 11.1. The standard InChI is InChI=1S/C14H21NO4S/c1-8-6-9(2)13(10(3)7-8)20(18,19)15-12(5)11(4)14(16)17/h6-7,11-12,15H,1-5H3,(H,16,17). The number of nitrogens with one attached hydrogen (secondary N) is 1. The first-order valence-electron chi connectivity index (χ1n) is 6.39. The summed E-state index contributed by atoms with van der Waals surface area (Å²) in [5.74, 6) is -1.83. The second kappa shape index (κ2) is 5.93. The fourth-order valence-electron chi connectivity index (χ4n) is 2.21. The number of rotatable bonds is 5. The van der Waals surface area contributed by atoms with Crippen molar-refractivity contribution >= 4 is 16.0 Å². The fourth-order valence-corrected chi connectivity index (χ4v) is 3.99. The van der Waals surface area contributed by atoms with Crippen molar-refractivity contribution in [1.82, 2.24) is 4.72 Å². The predicted molar refractivity (Wildman–Crippen MR) is 77.2 cm³/mol. The Morgan fingerprint density at radius 3 is 2.00 bits per heavy atom. The Balaban J connectivity index is 3.16. The van der Waals surface area contributed by atoms with Gasteiger partial charge in [-0.05, 0) is 38.8 Å². The summed E-state index contributed by atoms with van der Waals surface area (Å²) in [6.45, 7) is 8.40. The van der Waals surface area contributed by atoms with Gasteiger partial charge in [0, 0.05) is 6.04 Å². The average Bonchev–Trinajstić information content (AvgIpc) is 2.24. The van der Waals surface area contributed by atoms with E-state index in [1.54, 1.807) is 32.9 Å². The highest BCUT2D eigenvalue weighted by atomic mass is 32.2. The highest BCUT2D eigenvalue weighted by molar-refractivity contribution is 7.89. The molecule has 0 aliphatic rings. The van der Waals surface area contributed by atoms with Crippen LogP contribution in [-0.2, 0) is 14.8 Å². The van der Waals surface area contributed by atoms with E-state index in [1.807, 2.05) is 6.92 Å². The Kier molecular flexibility index (Phi) is 4.94. The van der Waals surface area contributed by atoms with Gasteiger partial charge in [0.05, 0.1) is 10.8 Å². The molecule has 2 N–H and O–H groups in total. The van der Waals surface area contributed by atoms with Crippen molar-refractivity contribution in [3.8, 4) is 0 Å². The maximum absolute atomic E-state index is 12.4. The van der Waals surface area contributed by atoms with Gasteiger partial charge >= 0.3 is 5.97 Å². The Morgan fingerprint density at radius 1 is 1.15 bits per heavy atom. The zero-order valence-electron chi connectivity index (χ0n) is 12.4. The van der Waals surface area contributed by atoms with Crippen LogP contribution in [0.25, 0.3) is 0 Å². The minimum absolute atomic E-state index is 0.229. The lowest BCUT2D eigenvalue weighted by Gasteiger charge is -2.20. The molecule has 0 aliphatic heterocycles. The van der Waals surface area contributed by atoms with E-state index in [4.69, 9.17) is 5.11 Å². The molecular formula is C14H21NO4S. The van der Waals surface area contributed by atoms with Crippen LogP contribution < -0.4 is 4.72 Å². The quantitative estimate of drug-likeness (QED) is 0.871. The van der Waals surface area contributed by atoms with E-state index >= 15 is 0 Å². The van der Waals surface area contributed by atoms with Crippen LogP contribution in [0.15, 0.2) is 17.0 Å². The summed E-state index contributed by atoms with van der Waals surface area (Å²) in [6.07, 6.45) is 0. The highest BCUT2D eigenvalue weighted by Crippen LogP contribution is 2.22. The first-order valence-corrected chi connectivity index (χ1v) is 7.87. The number of carboxylic acid groups (broad SMARTS) is 1. The monoisotopic (exact) mass is 299 g/mol. The van der Waals surface area contributed by atoms with Crippen LogP contribution in [0.1, 0.15) is 30.5 Å². The van der Waals surface area contributed by atoms with Crippen molar-refractivity contribution < 1.29 is 18.3 Å². The molecule has 0 fully saturated rings. The number of aliphatic carboxylic acids is 1. The van der Waals surface area contributed by atoms with Gasteiger partial charge in [0.2, 0.25) is 10.0 Å². The topological polar surface area (TPSA) is 83.5 Å². The number of sulfonamides is 1. The van der Waals surface area contributed by atoms with Gasteiger partial charge in [0.1, 0.15) is 0 Å². The molecule has 0 amide bonds. The van der Waals surface area contributed by atoms with Gasteiger partial charge in [-0.25, -0.2) is 13.1 Å². The number of hydrogen-bond donors (Lipinski definition) is 2. The third-order valence-electron chi connectivity index (χ3n) is 3.35. The number of hydrogen-bond acceptors (Lipinski definition) is 3. The molecule has 5 nitrogen and oxygen atoms in total. The number of aryl methyl sites for hydroxylation is 3. The maximum Gasteiger partial charge on any atom is 0.307 e. The molecule has 0 radical (unpaired) electrons. The Morgan fingerprint density at radius 2 is 1.60 bits per heavy atom. The molecule has 2 atom stereocenters. The highest BCUT2D eigenvalue weighted by Gasteiger charge is 2.27. The lowest BCUT2D eigenvalue weighted by atomic mass is 10.1. The molecule has 20 heavy (non-hydrogen) atoms. The van der Waals surface area contributed by atoms with Crippen molar-refractivity contribution in [2.75, 3.05) is 0 Å². The van der Waals surface area contributed by atoms with E-state index in [1.165, 1.54) is 6.92 Å². The molecule has 6 heteroatoms. The second-order valence-electron chi connectivity index (χ2n) is 5.26. The van der Waals surface area contributed by atoms with E-state index in [-0.39, 0.29) is 4.90 Å². The molecular weight excluding hydrogens is 278 g/mol. The minimum Gasteiger partial charge on any atom is -0.481 e. The first kappa shape index (κ1) is 16.7. The number of carbonyl (C=O) groups is 1. The SMILES string of the molecule is Cc1cc(C)c(S(=O)(=O)NC(C)C(C)C(=O)O)c(C)c1. The fraction of sp³-hybridized carbons (Fsp3) is 0.500. The molecule has 0 aliphatic carbocycles. The molecule has 1 rings (SSSR count). The molecule has 0 saturated heterocycles. The Labute approximate surface area is 120 Å². The number of benzene rings is 1. The summed E-state index contributed by atoms with van der Waals surface area (Å²) in [7, 11) is -3.73. The van der Waals surface area contributed by atoms with Crippen molar-refractivity contribution in [2.24, 2.45) is 5.92 Å². The predicted octanol–water partition coefficient (Wildman–Crippen LogP) is 2.00. The van der Waals surface area contributed by atoms with Crippen LogP contribution in [0.2, 0.25) is 0 Å². The molecule has 1 aromatic rings. The molecule has 112 valence electrons. The van der Waals surface area contributed by atoms with Gasteiger partial charge in [0.15, 0.2) is 0 Å². The number of carboxylic acids is 1. The van der Waals surface area contributed by atoms with Crippen molar-refractivity contribution in [3.63, 3.8) is 0 Å². The second-order valence-corrected chi connectivity index (χ2v) is 6.92. The molecule has 2 unspecified atom stereocenters. The van der Waals surface area contributed by atoms with Crippen molar-refractivity contribution in [2.45, 2.75) is 45.6 Å². The van der Waals surface area contributed by atoms with E-state index in [0.29, 0.717) is 11.1 Å². The summed E-state index contributed by atoms with van der Waals surface area (Å²) in [5, 5.41) is 8.93. The molecule has 0 saturated carbocycles. The summed E-state index contributed by atoms with van der Waals surface area (Å²) in [5.41, 5.74) is 2.31. The molecule has 0 spiro atoms. The lowest BCUT2D eigenvalue weighted by molar-refractivity contribution is -0.141. The van der Waals surface area contributed by atoms with Crippen molar-refractivity contribution in [3.05, 3.63) is 28.8 Å². The third kappa shape index (κ3) is 3.58. The van der Waals surface area contributed by atoms with E-state index < -0.39 is 28.0 Å². The van der Waals surface area contributed by atoms with Gasteiger partial charge < -0.3 is 5.11 Å². The first-order chi connectivity index (χ1) is 9.06. The van der Waals surface area contributed by atoms with Crippen LogP contribution >= 0.6 is 0 Å². The van der Waals surface area contributed by atoms with Gasteiger partial charge in [0.25, 0.3) is 0 Å². The van der Waals surface area contributed by atoms with Crippen LogP contribution in [0.5, 0.6) is 0 Å². The zero-order valence-corrected chi connectivity index (χ0v) is 13.2. The molecule has 0 aromatic heterocycles. The Hall–Kier alpha value is -1.40. The lowest BCUT2D eigenvalue weighted by Crippen LogP contribution is -2.40. The Bertz CT molecular complexity index is 599. The average molecular weight is 299 g/mol. The molecule has 0 bridgehead atoms. The van der Waals surface area contributed by atoms with E-state index in [9.17, 15) is 13.2 Å². The van der Waals surface area contributed by atoms with Crippen LogP contribution in [-0.4, -0.2) is 25.5 Å². The van der Waals surface area contributed by atoms with Crippen LogP contribution in [0.4, 0.5) is 0 Å². The van der Waals surface area contributed by atoms with Gasteiger partial charge in [-0.1, -0.05) is 24.6 Å². The van der Waals surface area contributed by atoms with Gasteiger partial charge in [-0.3, -0.25) is 4.79 Å². The van der Waals surface area contributed by atoms with Crippen molar-refractivity contribution in [1.29, 1.82) is 0 Å². The normalized spacial score (nSPS) is 14.8. The van der Waals surface area contributed by atoms with E-state index in [0.717, 1.165) is 5.56 Å². The summed E-state index contributed by atoms with van der Waals surface area (Å²) < 4.78 is 27.3.